The number of likely N-dealkylation sites (tertiary alicyclic amines) is 1. The molecule has 0 spiro atoms. The number of amides is 1. The van der Waals surface area contributed by atoms with Crippen LogP contribution in [-0.2, 0) is 4.79 Å². The van der Waals surface area contributed by atoms with Crippen molar-refractivity contribution in [3.8, 4) is 0 Å². The number of rotatable bonds is 4. The van der Waals surface area contributed by atoms with E-state index in [0.29, 0.717) is 12.6 Å². The van der Waals surface area contributed by atoms with Crippen LogP contribution in [0.4, 0.5) is 0 Å². The van der Waals surface area contributed by atoms with Crippen LogP contribution in [0, 0.1) is 47.3 Å². The second-order valence-corrected chi connectivity index (χ2v) is 9.35. The van der Waals surface area contributed by atoms with E-state index in [2.05, 4.69) is 15.5 Å². The molecular weight excluding hydrogens is 286 g/mol. The Kier molecular flexibility index (Phi) is 2.68. The average Bonchev–Trinajstić information content (AvgIpc) is 3.29. The summed E-state index contributed by atoms with van der Waals surface area (Å²) in [5.74, 6) is 9.06. The molecule has 0 radical (unpaired) electrons. The second kappa shape index (κ2) is 4.51. The molecule has 1 saturated heterocycles. The summed E-state index contributed by atoms with van der Waals surface area (Å²) < 4.78 is 0. The molecule has 8 atom stereocenters. The topological polar surface area (TPSA) is 44.4 Å². The third-order valence-electron chi connectivity index (χ3n) is 8.98. The van der Waals surface area contributed by atoms with Gasteiger partial charge in [0.2, 0.25) is 5.91 Å². The van der Waals surface area contributed by atoms with Gasteiger partial charge < -0.3 is 10.6 Å². The Bertz CT molecular complexity index is 515. The SMILES string of the molecule is CNC(=O)CN1CCC(NC2C3C4CC5C6CC(C53)C2C64)CC1. The van der Waals surface area contributed by atoms with E-state index in [-0.39, 0.29) is 5.91 Å². The zero-order valence-electron chi connectivity index (χ0n) is 14.1. The number of hydrogen-bond acceptors (Lipinski definition) is 3. The van der Waals surface area contributed by atoms with Gasteiger partial charge in [0, 0.05) is 32.2 Å². The van der Waals surface area contributed by atoms with E-state index in [1.807, 2.05) is 0 Å². The normalized spacial score (nSPS) is 55.6. The zero-order chi connectivity index (χ0) is 15.3. The second-order valence-electron chi connectivity index (χ2n) is 9.35. The van der Waals surface area contributed by atoms with Crippen molar-refractivity contribution < 1.29 is 4.79 Å². The molecule has 2 N–H and O–H groups in total. The van der Waals surface area contributed by atoms with Gasteiger partial charge in [0.1, 0.15) is 0 Å². The van der Waals surface area contributed by atoms with Crippen molar-refractivity contribution in [1.82, 2.24) is 15.5 Å². The summed E-state index contributed by atoms with van der Waals surface area (Å²) in [5.41, 5.74) is 0. The lowest BCUT2D eigenvalue weighted by Crippen LogP contribution is -2.49. The van der Waals surface area contributed by atoms with Crippen LogP contribution in [0.5, 0.6) is 0 Å². The van der Waals surface area contributed by atoms with E-state index in [1.54, 1.807) is 19.9 Å². The highest BCUT2D eigenvalue weighted by Crippen LogP contribution is 2.82. The Labute approximate surface area is 138 Å². The molecule has 7 fully saturated rings. The number of likely N-dealkylation sites (N-methyl/N-ethyl adjacent to an activating group) is 1. The number of hydrogen-bond donors (Lipinski definition) is 2. The molecule has 6 aliphatic carbocycles. The number of piperidine rings is 1. The molecule has 7 aliphatic rings. The minimum atomic E-state index is 0.154. The first-order chi connectivity index (χ1) is 11.3. The fraction of sp³-hybridized carbons (Fsp3) is 0.947. The van der Waals surface area contributed by atoms with Crippen molar-refractivity contribution in [2.45, 2.75) is 37.8 Å². The third-order valence-corrected chi connectivity index (χ3v) is 8.98. The molecule has 0 aromatic carbocycles. The van der Waals surface area contributed by atoms with Crippen LogP contribution in [0.1, 0.15) is 25.7 Å². The van der Waals surface area contributed by atoms with Crippen molar-refractivity contribution in [3.05, 3.63) is 0 Å². The Morgan fingerprint density at radius 3 is 2.13 bits per heavy atom. The molecule has 6 bridgehead atoms. The summed E-state index contributed by atoms with van der Waals surface area (Å²) in [5, 5.41) is 6.90. The molecule has 0 aromatic heterocycles. The van der Waals surface area contributed by atoms with Crippen LogP contribution >= 0.6 is 0 Å². The van der Waals surface area contributed by atoms with Gasteiger partial charge in [0.25, 0.3) is 0 Å². The van der Waals surface area contributed by atoms with Crippen LogP contribution in [0.3, 0.4) is 0 Å². The monoisotopic (exact) mass is 315 g/mol. The van der Waals surface area contributed by atoms with Crippen molar-refractivity contribution in [1.29, 1.82) is 0 Å². The van der Waals surface area contributed by atoms with Crippen LogP contribution in [0.2, 0.25) is 0 Å². The maximum absolute atomic E-state index is 11.5. The van der Waals surface area contributed by atoms with Crippen molar-refractivity contribution >= 4 is 5.91 Å². The highest BCUT2D eigenvalue weighted by atomic mass is 16.1. The largest absolute Gasteiger partial charge is 0.358 e. The summed E-state index contributed by atoms with van der Waals surface area (Å²) >= 11 is 0. The first kappa shape index (κ1) is 13.7. The maximum atomic E-state index is 11.5. The summed E-state index contributed by atoms with van der Waals surface area (Å²) in [7, 11) is 1.73. The Balaban J connectivity index is 1.10. The summed E-state index contributed by atoms with van der Waals surface area (Å²) in [6.07, 6.45) is 5.65. The summed E-state index contributed by atoms with van der Waals surface area (Å²) in [6, 6.07) is 1.57. The molecule has 7 rings (SSSR count). The lowest BCUT2D eigenvalue weighted by atomic mass is 9.71. The van der Waals surface area contributed by atoms with Crippen LogP contribution in [0.25, 0.3) is 0 Å². The number of carbonyl (C=O) groups is 1. The Hall–Kier alpha value is -0.610. The van der Waals surface area contributed by atoms with Gasteiger partial charge >= 0.3 is 0 Å². The lowest BCUT2D eigenvalue weighted by Gasteiger charge is -2.34. The minimum Gasteiger partial charge on any atom is -0.358 e. The van der Waals surface area contributed by atoms with Crippen LogP contribution in [-0.4, -0.2) is 49.6 Å². The van der Waals surface area contributed by atoms with Gasteiger partial charge in [0.15, 0.2) is 0 Å². The van der Waals surface area contributed by atoms with E-state index in [1.165, 1.54) is 12.8 Å². The number of nitrogens with one attached hydrogen (secondary N) is 2. The molecule has 1 aliphatic heterocycles. The molecule has 1 amide bonds. The van der Waals surface area contributed by atoms with E-state index < -0.39 is 0 Å². The van der Waals surface area contributed by atoms with E-state index in [9.17, 15) is 4.79 Å². The first-order valence-electron chi connectivity index (χ1n) is 9.95. The number of nitrogens with zero attached hydrogens (tertiary/aromatic N) is 1. The average molecular weight is 315 g/mol. The highest BCUT2D eigenvalue weighted by molar-refractivity contribution is 5.77. The lowest BCUT2D eigenvalue weighted by molar-refractivity contribution is -0.122. The zero-order valence-corrected chi connectivity index (χ0v) is 14.1. The molecule has 4 nitrogen and oxygen atoms in total. The molecule has 23 heavy (non-hydrogen) atoms. The van der Waals surface area contributed by atoms with Gasteiger partial charge in [-0.25, -0.2) is 0 Å². The predicted molar refractivity (Wildman–Crippen MR) is 87.6 cm³/mol. The van der Waals surface area contributed by atoms with Gasteiger partial charge in [-0.2, -0.15) is 0 Å². The van der Waals surface area contributed by atoms with Gasteiger partial charge in [-0.05, 0) is 73.0 Å². The van der Waals surface area contributed by atoms with E-state index >= 15 is 0 Å². The molecule has 0 aromatic rings. The molecule has 126 valence electrons. The first-order valence-corrected chi connectivity index (χ1v) is 9.95. The molecule has 8 unspecified atom stereocenters. The van der Waals surface area contributed by atoms with Crippen molar-refractivity contribution in [2.24, 2.45) is 47.3 Å². The van der Waals surface area contributed by atoms with Gasteiger partial charge in [-0.1, -0.05) is 0 Å². The van der Waals surface area contributed by atoms with Crippen LogP contribution < -0.4 is 10.6 Å². The van der Waals surface area contributed by atoms with Crippen molar-refractivity contribution in [3.63, 3.8) is 0 Å². The van der Waals surface area contributed by atoms with E-state index in [0.717, 1.165) is 66.5 Å². The minimum absolute atomic E-state index is 0.154. The smallest absolute Gasteiger partial charge is 0.233 e. The van der Waals surface area contributed by atoms with E-state index in [4.69, 9.17) is 0 Å². The molecule has 4 heteroatoms. The summed E-state index contributed by atoms with van der Waals surface area (Å²) in [4.78, 5) is 13.8. The summed E-state index contributed by atoms with van der Waals surface area (Å²) in [6.45, 7) is 2.74. The fourth-order valence-corrected chi connectivity index (χ4v) is 8.65. The van der Waals surface area contributed by atoms with Gasteiger partial charge in [0.05, 0.1) is 6.54 Å². The highest BCUT2D eigenvalue weighted by Gasteiger charge is 2.80. The Morgan fingerprint density at radius 2 is 1.57 bits per heavy atom. The number of carbonyl (C=O) groups excluding carboxylic acids is 1. The molecule has 6 saturated carbocycles. The Morgan fingerprint density at radius 1 is 0.957 bits per heavy atom. The predicted octanol–water partition coefficient (Wildman–Crippen LogP) is 0.933. The maximum Gasteiger partial charge on any atom is 0.233 e. The molecule has 1 heterocycles. The van der Waals surface area contributed by atoms with Gasteiger partial charge in [-0.3, -0.25) is 9.69 Å². The quantitative estimate of drug-likeness (QED) is 0.811. The van der Waals surface area contributed by atoms with Crippen molar-refractivity contribution in [2.75, 3.05) is 26.7 Å². The molecular formula is C19H29N3O. The third kappa shape index (κ3) is 1.58. The fourth-order valence-electron chi connectivity index (χ4n) is 8.65. The van der Waals surface area contributed by atoms with Crippen LogP contribution in [0.15, 0.2) is 0 Å². The standard InChI is InChI=1S/C19H29N3O/c1-20-14(23)8-22-4-2-9(3-5-22)21-19-17-12-6-10-11-7-13(15(10)17)18(19)16(11)12/h9-13,15-19,21H,2-8H2,1H3,(H,20,23). The van der Waals surface area contributed by atoms with Gasteiger partial charge in [-0.15, -0.1) is 0 Å².